The Morgan fingerprint density at radius 3 is 2.92 bits per heavy atom. The van der Waals surface area contributed by atoms with Gasteiger partial charge in [0.05, 0.1) is 19.0 Å². The lowest BCUT2D eigenvalue weighted by atomic mass is 10.0. The Balaban J connectivity index is 1.66. The minimum atomic E-state index is -4.57. The van der Waals surface area contributed by atoms with Crippen molar-refractivity contribution in [2.75, 3.05) is 19.0 Å². The van der Waals surface area contributed by atoms with Crippen LogP contribution in [-0.4, -0.2) is 54.2 Å². The van der Waals surface area contributed by atoms with E-state index in [9.17, 15) is 9.67 Å². The van der Waals surface area contributed by atoms with Crippen molar-refractivity contribution in [1.82, 2.24) is 19.5 Å². The van der Waals surface area contributed by atoms with Crippen molar-refractivity contribution in [3.05, 3.63) is 11.6 Å². The van der Waals surface area contributed by atoms with Gasteiger partial charge in [-0.1, -0.05) is 0 Å². The molecule has 2 aromatic rings. The highest BCUT2D eigenvalue weighted by Gasteiger charge is 2.68. The molecule has 0 aromatic carbocycles. The zero-order valence-electron chi connectivity index (χ0n) is 13.2. The van der Waals surface area contributed by atoms with E-state index in [1.54, 1.807) is 13.4 Å². The van der Waals surface area contributed by atoms with Crippen molar-refractivity contribution in [3.63, 3.8) is 0 Å². The summed E-state index contributed by atoms with van der Waals surface area (Å²) in [4.78, 5) is 30.5. The first-order chi connectivity index (χ1) is 11.7. The molecule has 0 unspecified atom stereocenters. The molecule has 2 aromatic heterocycles. The summed E-state index contributed by atoms with van der Waals surface area (Å²) >= 11 is 5.98. The highest BCUT2D eigenvalue weighted by Crippen LogP contribution is 2.68. The highest BCUT2D eigenvalue weighted by atomic mass is 35.5. The van der Waals surface area contributed by atoms with Crippen LogP contribution in [0, 0.1) is 11.3 Å². The van der Waals surface area contributed by atoms with Crippen LogP contribution in [0.5, 0.6) is 0 Å². The van der Waals surface area contributed by atoms with Gasteiger partial charge >= 0.3 is 7.82 Å². The molecule has 10 nitrogen and oxygen atoms in total. The number of imidazole rings is 1. The van der Waals surface area contributed by atoms with E-state index in [0.29, 0.717) is 29.8 Å². The molecule has 0 aliphatic heterocycles. The van der Waals surface area contributed by atoms with E-state index < -0.39 is 19.3 Å². The van der Waals surface area contributed by atoms with Gasteiger partial charge in [-0.3, -0.25) is 4.52 Å². The Hall–Kier alpha value is -1.29. The van der Waals surface area contributed by atoms with E-state index in [4.69, 9.17) is 21.4 Å². The molecule has 4 rings (SSSR count). The first-order valence-electron chi connectivity index (χ1n) is 7.71. The van der Waals surface area contributed by atoms with Crippen LogP contribution >= 0.6 is 19.4 Å². The number of hydrogen-bond donors (Lipinski definition) is 4. The third-order valence-electron chi connectivity index (χ3n) is 5.26. The molecule has 0 saturated heterocycles. The number of hydrogen-bond acceptors (Lipinski definition) is 7. The van der Waals surface area contributed by atoms with Crippen molar-refractivity contribution in [1.29, 1.82) is 0 Å². The minimum Gasteiger partial charge on any atom is -0.392 e. The molecule has 0 amide bonds. The highest BCUT2D eigenvalue weighted by molar-refractivity contribution is 7.46. The molecule has 0 bridgehead atoms. The van der Waals surface area contributed by atoms with Crippen LogP contribution in [0.15, 0.2) is 6.33 Å². The smallest absolute Gasteiger partial charge is 0.392 e. The van der Waals surface area contributed by atoms with Crippen molar-refractivity contribution in [3.8, 4) is 0 Å². The number of phosphoric acid groups is 1. The fourth-order valence-electron chi connectivity index (χ4n) is 3.96. The number of nitrogens with one attached hydrogen (secondary N) is 1. The number of aromatic nitrogens is 4. The number of phosphoric ester groups is 1. The molecule has 136 valence electrons. The second-order valence-electron chi connectivity index (χ2n) is 6.54. The molecule has 4 atom stereocenters. The van der Waals surface area contributed by atoms with E-state index in [0.717, 1.165) is 0 Å². The Kier molecular flexibility index (Phi) is 3.84. The first kappa shape index (κ1) is 17.1. The van der Waals surface area contributed by atoms with Gasteiger partial charge < -0.3 is 24.8 Å². The maximum Gasteiger partial charge on any atom is 0.469 e. The van der Waals surface area contributed by atoms with Crippen molar-refractivity contribution < 1.29 is 24.0 Å². The Labute approximate surface area is 147 Å². The summed E-state index contributed by atoms with van der Waals surface area (Å²) in [6.07, 6.45) is 1.96. The summed E-state index contributed by atoms with van der Waals surface area (Å²) < 4.78 is 17.5. The molecule has 2 aliphatic rings. The van der Waals surface area contributed by atoms with Crippen LogP contribution in [-0.2, 0) is 9.09 Å². The van der Waals surface area contributed by atoms with Gasteiger partial charge in [0.2, 0.25) is 5.28 Å². The Morgan fingerprint density at radius 2 is 2.28 bits per heavy atom. The average Bonchev–Trinajstić information content (AvgIpc) is 3.03. The first-order valence-corrected chi connectivity index (χ1v) is 9.62. The van der Waals surface area contributed by atoms with Gasteiger partial charge in [0.25, 0.3) is 0 Å². The predicted molar refractivity (Wildman–Crippen MR) is 88.1 cm³/mol. The van der Waals surface area contributed by atoms with Gasteiger partial charge in [-0.25, -0.2) is 9.55 Å². The largest absolute Gasteiger partial charge is 0.469 e. The second-order valence-corrected chi connectivity index (χ2v) is 8.12. The lowest BCUT2D eigenvalue weighted by Crippen LogP contribution is -2.23. The fourth-order valence-corrected chi connectivity index (χ4v) is 4.53. The van der Waals surface area contributed by atoms with Crippen LogP contribution in [0.3, 0.4) is 0 Å². The van der Waals surface area contributed by atoms with Gasteiger partial charge in [-0.15, -0.1) is 0 Å². The van der Waals surface area contributed by atoms with E-state index >= 15 is 0 Å². The van der Waals surface area contributed by atoms with E-state index in [1.165, 1.54) is 0 Å². The molecule has 4 N–H and O–H groups in total. The van der Waals surface area contributed by atoms with Gasteiger partial charge in [0.15, 0.2) is 17.0 Å². The summed E-state index contributed by atoms with van der Waals surface area (Å²) in [6.45, 7) is -0.177. The summed E-state index contributed by atoms with van der Waals surface area (Å²) in [5.74, 6) is 0.539. The minimum absolute atomic E-state index is 0.0261. The number of aliphatic hydroxyl groups is 1. The summed E-state index contributed by atoms with van der Waals surface area (Å²) in [5.41, 5.74) is 0.497. The van der Waals surface area contributed by atoms with Crippen molar-refractivity contribution in [2.45, 2.75) is 25.0 Å². The molecule has 2 saturated carbocycles. The predicted octanol–water partition coefficient (Wildman–Crippen LogP) is 0.943. The topological polar surface area (TPSA) is 143 Å². The molecule has 12 heteroatoms. The summed E-state index contributed by atoms with van der Waals surface area (Å²) in [7, 11) is -2.86. The lowest BCUT2D eigenvalue weighted by molar-refractivity contribution is 0.0564. The standard InChI is InChI=1S/C13H17ClN5O5P/c1-15-10-9-11(18-12(14)17-10)19(5-16-9)7-2-8(20)13(3-6(7)13)4-24-25(21,22)23/h5-8,20H,2-4H2,1H3,(H,15,17,18)(H2,21,22,23)/t6-,7+,8+,13+/m1/s1. The zero-order valence-corrected chi connectivity index (χ0v) is 14.9. The number of nitrogens with zero attached hydrogens (tertiary/aromatic N) is 4. The SMILES string of the molecule is CNc1nc(Cl)nc2c1ncn2[C@H]1C[C@H](O)[C@]2(COP(=O)(O)O)C[C@H]12. The zero-order chi connectivity index (χ0) is 18.0. The van der Waals surface area contributed by atoms with Crippen molar-refractivity contribution >= 4 is 36.4 Å². The third-order valence-corrected chi connectivity index (χ3v) is 5.90. The van der Waals surface area contributed by atoms with E-state index in [-0.39, 0.29) is 23.9 Å². The Morgan fingerprint density at radius 1 is 1.52 bits per heavy atom. The van der Waals surface area contributed by atoms with E-state index in [2.05, 4.69) is 24.8 Å². The van der Waals surface area contributed by atoms with Gasteiger partial charge in [0, 0.05) is 18.5 Å². The Bertz CT molecular complexity index is 887. The number of fused-ring (bicyclic) bond motifs is 2. The molecule has 25 heavy (non-hydrogen) atoms. The maximum atomic E-state index is 11.0. The number of rotatable bonds is 5. The molecular weight excluding hydrogens is 373 g/mol. The van der Waals surface area contributed by atoms with Crippen molar-refractivity contribution in [2.24, 2.45) is 11.3 Å². The van der Waals surface area contributed by atoms with Gasteiger partial charge in [-0.05, 0) is 30.4 Å². The number of aliphatic hydroxyl groups excluding tert-OH is 1. The van der Waals surface area contributed by atoms with Crippen LogP contribution in [0.25, 0.3) is 11.2 Å². The molecule has 2 heterocycles. The normalized spacial score (nSPS) is 31.3. The third kappa shape index (κ3) is 2.73. The molecular formula is C13H17ClN5O5P. The second kappa shape index (κ2) is 5.60. The van der Waals surface area contributed by atoms with Gasteiger partial charge in [0.1, 0.15) is 0 Å². The molecule has 0 radical (unpaired) electrons. The van der Waals surface area contributed by atoms with Crippen LogP contribution < -0.4 is 5.32 Å². The summed E-state index contributed by atoms with van der Waals surface area (Å²) in [5, 5.41) is 13.5. The van der Waals surface area contributed by atoms with Crippen LogP contribution in [0.1, 0.15) is 18.9 Å². The summed E-state index contributed by atoms with van der Waals surface area (Å²) in [6, 6.07) is -0.101. The number of anilines is 1. The monoisotopic (exact) mass is 389 g/mol. The van der Waals surface area contributed by atoms with Crippen LogP contribution in [0.4, 0.5) is 5.82 Å². The lowest BCUT2D eigenvalue weighted by Gasteiger charge is -2.18. The average molecular weight is 390 g/mol. The number of halogens is 1. The molecule has 0 spiro atoms. The molecule has 2 aliphatic carbocycles. The van der Waals surface area contributed by atoms with Crippen LogP contribution in [0.2, 0.25) is 5.28 Å². The maximum absolute atomic E-state index is 11.0. The van der Waals surface area contributed by atoms with Gasteiger partial charge in [-0.2, -0.15) is 9.97 Å². The molecule has 2 fully saturated rings. The van der Waals surface area contributed by atoms with E-state index in [1.807, 2.05) is 4.57 Å². The quantitative estimate of drug-likeness (QED) is 0.434. The fraction of sp³-hybridized carbons (Fsp3) is 0.615.